The third-order valence-corrected chi connectivity index (χ3v) is 4.72. The summed E-state index contributed by atoms with van der Waals surface area (Å²) in [5.41, 5.74) is 6.93. The molecule has 0 spiro atoms. The molecule has 3 aromatic rings. The van der Waals surface area contributed by atoms with Crippen molar-refractivity contribution in [2.45, 2.75) is 34.2 Å². The Morgan fingerprint density at radius 1 is 1.00 bits per heavy atom. The molecule has 0 saturated heterocycles. The van der Waals surface area contributed by atoms with E-state index in [1.807, 2.05) is 80.9 Å². The van der Waals surface area contributed by atoms with Gasteiger partial charge in [0.2, 0.25) is 0 Å². The molecule has 4 heteroatoms. The second-order valence-corrected chi connectivity index (χ2v) is 6.33. The zero-order valence-corrected chi connectivity index (χ0v) is 15.1. The molecule has 0 unspecified atom stereocenters. The van der Waals surface area contributed by atoms with E-state index >= 15 is 0 Å². The van der Waals surface area contributed by atoms with Gasteiger partial charge in [0.25, 0.3) is 5.91 Å². The summed E-state index contributed by atoms with van der Waals surface area (Å²) in [6.45, 7) is 8.48. The minimum Gasteiger partial charge on any atom is -0.348 e. The molecule has 128 valence electrons. The van der Waals surface area contributed by atoms with Crippen LogP contribution < -0.4 is 5.32 Å². The molecule has 4 nitrogen and oxygen atoms in total. The average molecular weight is 333 g/mol. The average Bonchev–Trinajstić information content (AvgIpc) is 2.90. The van der Waals surface area contributed by atoms with E-state index < -0.39 is 0 Å². The quantitative estimate of drug-likeness (QED) is 0.783. The van der Waals surface area contributed by atoms with Crippen molar-refractivity contribution in [1.29, 1.82) is 0 Å². The summed E-state index contributed by atoms with van der Waals surface area (Å²) in [6, 6.07) is 15.8. The first-order chi connectivity index (χ1) is 12.0. The second-order valence-electron chi connectivity index (χ2n) is 6.33. The smallest absolute Gasteiger partial charge is 0.251 e. The minimum absolute atomic E-state index is 0.0486. The number of benzene rings is 2. The molecule has 1 N–H and O–H groups in total. The van der Waals surface area contributed by atoms with Crippen LogP contribution in [0.15, 0.2) is 48.5 Å². The van der Waals surface area contributed by atoms with Crippen molar-refractivity contribution in [2.24, 2.45) is 0 Å². The molecule has 1 aromatic heterocycles. The molecule has 3 rings (SSSR count). The Hall–Kier alpha value is -2.88. The molecule has 0 saturated carbocycles. The van der Waals surface area contributed by atoms with Gasteiger partial charge < -0.3 is 5.32 Å². The fourth-order valence-corrected chi connectivity index (χ4v) is 3.01. The summed E-state index contributed by atoms with van der Waals surface area (Å²) < 4.78 is 1.93. The van der Waals surface area contributed by atoms with Gasteiger partial charge in [0.1, 0.15) is 0 Å². The fraction of sp³-hybridized carbons (Fsp3) is 0.238. The Morgan fingerprint density at radius 3 is 2.44 bits per heavy atom. The van der Waals surface area contributed by atoms with E-state index in [-0.39, 0.29) is 5.91 Å². The number of amides is 1. The number of nitrogens with one attached hydrogen (secondary N) is 1. The summed E-state index contributed by atoms with van der Waals surface area (Å²) in [4.78, 5) is 12.6. The van der Waals surface area contributed by atoms with Gasteiger partial charge in [0.05, 0.1) is 11.4 Å². The van der Waals surface area contributed by atoms with Gasteiger partial charge >= 0.3 is 0 Å². The van der Waals surface area contributed by atoms with Gasteiger partial charge in [-0.15, -0.1) is 0 Å². The maximum atomic E-state index is 12.6. The van der Waals surface area contributed by atoms with Crippen molar-refractivity contribution in [1.82, 2.24) is 15.1 Å². The molecule has 0 aliphatic rings. The largest absolute Gasteiger partial charge is 0.348 e. The minimum atomic E-state index is -0.0486. The fourth-order valence-electron chi connectivity index (χ4n) is 3.01. The SMILES string of the molecule is Cc1cccc(C(=O)NCc2c(C)nn(-c3ccccc3)c2C)c1C. The molecule has 0 radical (unpaired) electrons. The number of rotatable bonds is 4. The Bertz CT molecular complexity index is 910. The normalized spacial score (nSPS) is 10.7. The predicted molar refractivity (Wildman–Crippen MR) is 100 cm³/mol. The number of hydrogen-bond donors (Lipinski definition) is 1. The number of carbonyl (C=O) groups is 1. The van der Waals surface area contributed by atoms with E-state index in [1.54, 1.807) is 0 Å². The zero-order chi connectivity index (χ0) is 18.0. The zero-order valence-electron chi connectivity index (χ0n) is 15.1. The molecule has 2 aromatic carbocycles. The number of nitrogens with zero attached hydrogens (tertiary/aromatic N) is 2. The Kier molecular flexibility index (Phi) is 4.70. The van der Waals surface area contributed by atoms with Crippen LogP contribution in [0.3, 0.4) is 0 Å². The molecule has 1 amide bonds. The van der Waals surface area contributed by atoms with Crippen molar-refractivity contribution in [3.8, 4) is 5.69 Å². The van der Waals surface area contributed by atoms with Crippen LogP contribution in [0.2, 0.25) is 0 Å². The number of hydrogen-bond acceptors (Lipinski definition) is 2. The Labute approximate surface area is 148 Å². The van der Waals surface area contributed by atoms with Crippen LogP contribution in [0.25, 0.3) is 5.69 Å². The van der Waals surface area contributed by atoms with Crippen LogP contribution >= 0.6 is 0 Å². The topological polar surface area (TPSA) is 46.9 Å². The van der Waals surface area contributed by atoms with Gasteiger partial charge in [-0.05, 0) is 57.0 Å². The van der Waals surface area contributed by atoms with Crippen LogP contribution in [-0.2, 0) is 6.54 Å². The molecule has 0 aliphatic heterocycles. The van der Waals surface area contributed by atoms with Gasteiger partial charge in [-0.1, -0.05) is 30.3 Å². The maximum Gasteiger partial charge on any atom is 0.251 e. The lowest BCUT2D eigenvalue weighted by atomic mass is 10.0. The third kappa shape index (κ3) is 3.33. The van der Waals surface area contributed by atoms with Crippen LogP contribution in [0.4, 0.5) is 0 Å². The van der Waals surface area contributed by atoms with E-state index in [9.17, 15) is 4.79 Å². The third-order valence-electron chi connectivity index (χ3n) is 4.72. The summed E-state index contributed by atoms with van der Waals surface area (Å²) in [5, 5.41) is 7.67. The maximum absolute atomic E-state index is 12.6. The monoisotopic (exact) mass is 333 g/mol. The highest BCUT2D eigenvalue weighted by Gasteiger charge is 2.15. The first-order valence-corrected chi connectivity index (χ1v) is 8.44. The predicted octanol–water partition coefficient (Wildman–Crippen LogP) is 4.04. The van der Waals surface area contributed by atoms with Gasteiger partial charge in [-0.3, -0.25) is 4.79 Å². The lowest BCUT2D eigenvalue weighted by Gasteiger charge is -2.10. The molecule has 1 heterocycles. The first-order valence-electron chi connectivity index (χ1n) is 8.44. The summed E-state index contributed by atoms with van der Waals surface area (Å²) in [5.74, 6) is -0.0486. The highest BCUT2D eigenvalue weighted by atomic mass is 16.1. The standard InChI is InChI=1S/C21H23N3O/c1-14-9-8-12-19(15(14)2)21(25)22-13-20-16(3)23-24(17(20)4)18-10-6-5-7-11-18/h5-12H,13H2,1-4H3,(H,22,25). The lowest BCUT2D eigenvalue weighted by molar-refractivity contribution is 0.0950. The lowest BCUT2D eigenvalue weighted by Crippen LogP contribution is -2.24. The first kappa shape index (κ1) is 17.0. The van der Waals surface area contributed by atoms with Crippen LogP contribution in [0.5, 0.6) is 0 Å². The number of aryl methyl sites for hydroxylation is 2. The van der Waals surface area contributed by atoms with Gasteiger partial charge in [0, 0.05) is 23.4 Å². The second kappa shape index (κ2) is 6.93. The highest BCUT2D eigenvalue weighted by Crippen LogP contribution is 2.18. The molecule has 0 aliphatic carbocycles. The number of carbonyl (C=O) groups excluding carboxylic acids is 1. The number of aromatic nitrogens is 2. The van der Waals surface area contributed by atoms with Crippen LogP contribution in [0, 0.1) is 27.7 Å². The van der Waals surface area contributed by atoms with E-state index in [0.717, 1.165) is 39.3 Å². The molecule has 0 fully saturated rings. The van der Waals surface area contributed by atoms with E-state index in [4.69, 9.17) is 0 Å². The van der Waals surface area contributed by atoms with E-state index in [2.05, 4.69) is 10.4 Å². The van der Waals surface area contributed by atoms with Gasteiger partial charge in [-0.2, -0.15) is 5.10 Å². The highest BCUT2D eigenvalue weighted by molar-refractivity contribution is 5.95. The van der Waals surface area contributed by atoms with Crippen molar-refractivity contribution in [2.75, 3.05) is 0 Å². The summed E-state index contributed by atoms with van der Waals surface area (Å²) >= 11 is 0. The number of para-hydroxylation sites is 1. The van der Waals surface area contributed by atoms with Crippen molar-refractivity contribution >= 4 is 5.91 Å². The molecule has 25 heavy (non-hydrogen) atoms. The van der Waals surface area contributed by atoms with Crippen molar-refractivity contribution in [3.05, 3.63) is 82.2 Å². The van der Waals surface area contributed by atoms with Crippen LogP contribution in [-0.4, -0.2) is 15.7 Å². The summed E-state index contributed by atoms with van der Waals surface area (Å²) in [6.07, 6.45) is 0. The van der Waals surface area contributed by atoms with E-state index in [1.165, 1.54) is 0 Å². The molecular formula is C21H23N3O. The Morgan fingerprint density at radius 2 is 1.72 bits per heavy atom. The van der Waals surface area contributed by atoms with Crippen molar-refractivity contribution in [3.63, 3.8) is 0 Å². The molecular weight excluding hydrogens is 310 g/mol. The van der Waals surface area contributed by atoms with Crippen molar-refractivity contribution < 1.29 is 4.79 Å². The van der Waals surface area contributed by atoms with Gasteiger partial charge in [-0.25, -0.2) is 4.68 Å². The summed E-state index contributed by atoms with van der Waals surface area (Å²) in [7, 11) is 0. The molecule has 0 bridgehead atoms. The molecule has 0 atom stereocenters. The van der Waals surface area contributed by atoms with E-state index in [0.29, 0.717) is 6.54 Å². The Balaban J connectivity index is 1.81. The van der Waals surface area contributed by atoms with Gasteiger partial charge in [0.15, 0.2) is 0 Å². The van der Waals surface area contributed by atoms with Crippen LogP contribution in [0.1, 0.15) is 38.4 Å².